The van der Waals surface area contributed by atoms with Gasteiger partial charge in [0.2, 0.25) is 0 Å². The second-order valence-electron chi connectivity index (χ2n) is 7.08. The molecule has 0 aromatic heterocycles. The number of aliphatic carboxylic acids is 5. The van der Waals surface area contributed by atoms with Gasteiger partial charge in [0, 0.05) is 6.92 Å². The molecule has 0 aliphatic heterocycles. The average molecular weight is 505 g/mol. The summed E-state index contributed by atoms with van der Waals surface area (Å²) in [6.45, 7) is 3.56. The molecule has 0 aliphatic carbocycles. The number of carbonyl (C=O) groups excluding carboxylic acids is 1. The van der Waals surface area contributed by atoms with Crippen molar-refractivity contribution in [1.82, 2.24) is 0 Å². The Morgan fingerprint density at radius 1 is 0.971 bits per heavy atom. The molecule has 202 valence electrons. The van der Waals surface area contributed by atoms with E-state index in [1.807, 2.05) is 0 Å². The molecule has 16 heteroatoms. The topological polar surface area (TPSA) is 287 Å². The number of quaternary nitrogens is 1. The number of hydrogen-bond acceptors (Lipinski definition) is 10. The Hall–Kier alpha value is -3.34. The van der Waals surface area contributed by atoms with E-state index in [2.05, 4.69) is 21.1 Å². The van der Waals surface area contributed by atoms with Gasteiger partial charge in [-0.3, -0.25) is 19.2 Å². The third-order valence-electron chi connectivity index (χ3n) is 2.71. The molecule has 0 saturated carbocycles. The molecular formula is C18H35NO15. The Kier molecular flexibility index (Phi) is 27.5. The fourth-order valence-electron chi connectivity index (χ4n) is 1.18. The van der Waals surface area contributed by atoms with E-state index in [9.17, 15) is 24.3 Å². The third-order valence-corrected chi connectivity index (χ3v) is 2.71. The van der Waals surface area contributed by atoms with E-state index in [1.54, 1.807) is 6.92 Å². The minimum Gasteiger partial charge on any atom is -0.547 e. The molecule has 1 unspecified atom stereocenters. The molecule has 0 rings (SSSR count). The Labute approximate surface area is 195 Å². The Morgan fingerprint density at radius 3 is 1.32 bits per heavy atom. The van der Waals surface area contributed by atoms with Crippen molar-refractivity contribution >= 4 is 36.3 Å². The standard InChI is InChI=1S/C6H8O7.C5H14NO.C4H8O3.C2H4O2.CH2O2/c7-3(8)1-6(13,5(11)12)2-4(9)10;1-6(2,3)4-5-7;1-2-3(5)4(6)7;1-2(3)4;2-1-3/h13H,1-2H2,(H,7,8)(H,9,10)(H,11,12);7H,4-5H2,1-3H3;3,5H,2H2,1H3,(H,6,7);1H3,(H,3,4);1H,(H,2,3)/q;+1;;;/p-1. The van der Waals surface area contributed by atoms with Crippen LogP contribution in [-0.4, -0.2) is 128 Å². The van der Waals surface area contributed by atoms with Crippen LogP contribution in [0, 0.1) is 0 Å². The van der Waals surface area contributed by atoms with Gasteiger partial charge in [-0.1, -0.05) is 6.92 Å². The van der Waals surface area contributed by atoms with Gasteiger partial charge in [0.05, 0.1) is 46.6 Å². The fourth-order valence-corrected chi connectivity index (χ4v) is 1.18. The molecule has 1 atom stereocenters. The quantitative estimate of drug-likeness (QED) is 0.113. The second-order valence-corrected chi connectivity index (χ2v) is 7.08. The molecule has 0 aromatic carbocycles. The smallest absolute Gasteiger partial charge is 0.332 e. The number of aliphatic hydroxyl groups excluding tert-OH is 2. The maximum atomic E-state index is 10.2. The van der Waals surface area contributed by atoms with Crippen molar-refractivity contribution in [2.45, 2.75) is 44.8 Å². The second kappa shape index (κ2) is 22.8. The number of carboxylic acid groups (broad SMARTS) is 6. The number of aliphatic hydroxyl groups is 3. The van der Waals surface area contributed by atoms with Gasteiger partial charge in [-0.2, -0.15) is 0 Å². The highest BCUT2D eigenvalue weighted by atomic mass is 16.4. The largest absolute Gasteiger partial charge is 0.547 e. The SMILES string of the molecule is CC(=O)O.CCC(O)C(=O)O.C[N+](C)(C)CCO.O=C(O)CC(O)(CC(=O)O)C(=O)[O-].O=CO. The molecule has 0 heterocycles. The molecular weight excluding hydrogens is 470 g/mol. The lowest BCUT2D eigenvalue weighted by Crippen LogP contribution is -2.51. The molecule has 34 heavy (non-hydrogen) atoms. The average Bonchev–Trinajstić information content (AvgIpc) is 2.59. The number of carbonyl (C=O) groups is 6. The molecule has 0 radical (unpaired) electrons. The van der Waals surface area contributed by atoms with Gasteiger partial charge in [0.15, 0.2) is 6.10 Å². The van der Waals surface area contributed by atoms with Crippen molar-refractivity contribution in [3.05, 3.63) is 0 Å². The molecule has 0 amide bonds. The lowest BCUT2D eigenvalue weighted by Gasteiger charge is -2.25. The molecule has 0 aliphatic rings. The first-order chi connectivity index (χ1) is 15.2. The zero-order chi connectivity index (χ0) is 28.7. The number of nitrogens with zero attached hydrogens (tertiary/aromatic N) is 1. The van der Waals surface area contributed by atoms with Crippen molar-refractivity contribution in [2.24, 2.45) is 0 Å². The first-order valence-electron chi connectivity index (χ1n) is 9.14. The van der Waals surface area contributed by atoms with Crippen LogP contribution in [-0.2, 0) is 28.8 Å². The van der Waals surface area contributed by atoms with Crippen LogP contribution >= 0.6 is 0 Å². The normalized spacial score (nSPS) is 10.5. The summed E-state index contributed by atoms with van der Waals surface area (Å²) in [6.07, 6.45) is -3.32. The summed E-state index contributed by atoms with van der Waals surface area (Å²) in [5, 5.41) is 74.5. The first-order valence-corrected chi connectivity index (χ1v) is 9.14. The monoisotopic (exact) mass is 505 g/mol. The predicted octanol–water partition coefficient (Wildman–Crippen LogP) is -3.26. The van der Waals surface area contributed by atoms with E-state index in [1.165, 1.54) is 0 Å². The van der Waals surface area contributed by atoms with Crippen LogP contribution in [0.2, 0.25) is 0 Å². The van der Waals surface area contributed by atoms with Crippen LogP contribution in [0.15, 0.2) is 0 Å². The summed E-state index contributed by atoms with van der Waals surface area (Å²) in [4.78, 5) is 57.4. The van der Waals surface area contributed by atoms with E-state index in [0.717, 1.165) is 18.0 Å². The highest BCUT2D eigenvalue weighted by Gasteiger charge is 2.34. The van der Waals surface area contributed by atoms with E-state index in [0.29, 0.717) is 0 Å². The molecule has 0 bridgehead atoms. The molecule has 0 aromatic rings. The Bertz CT molecular complexity index is 593. The van der Waals surface area contributed by atoms with E-state index < -0.39 is 54.4 Å². The van der Waals surface area contributed by atoms with Gasteiger partial charge < -0.3 is 55.2 Å². The summed E-state index contributed by atoms with van der Waals surface area (Å²) in [5.74, 6) is -7.33. The molecule has 0 fully saturated rings. The van der Waals surface area contributed by atoms with Crippen molar-refractivity contribution in [1.29, 1.82) is 0 Å². The minimum atomic E-state index is -2.85. The summed E-state index contributed by atoms with van der Waals surface area (Å²) < 4.78 is 0.844. The maximum absolute atomic E-state index is 10.2. The van der Waals surface area contributed by atoms with Crippen LogP contribution in [0.4, 0.5) is 0 Å². The summed E-state index contributed by atoms with van der Waals surface area (Å²) >= 11 is 0. The van der Waals surface area contributed by atoms with Crippen LogP contribution in [0.5, 0.6) is 0 Å². The lowest BCUT2D eigenvalue weighted by molar-refractivity contribution is -0.870. The van der Waals surface area contributed by atoms with Crippen molar-refractivity contribution in [3.63, 3.8) is 0 Å². The molecule has 0 spiro atoms. The highest BCUT2D eigenvalue weighted by Crippen LogP contribution is 2.14. The highest BCUT2D eigenvalue weighted by molar-refractivity contribution is 5.86. The molecule has 0 saturated heterocycles. The Balaban J connectivity index is -0.000000114. The zero-order valence-corrected chi connectivity index (χ0v) is 19.6. The lowest BCUT2D eigenvalue weighted by atomic mass is 9.96. The van der Waals surface area contributed by atoms with Crippen molar-refractivity contribution in [2.75, 3.05) is 34.3 Å². The van der Waals surface area contributed by atoms with E-state index >= 15 is 0 Å². The third kappa shape index (κ3) is 42.7. The number of likely N-dealkylation sites (N-methyl/N-ethyl adjacent to an activating group) is 1. The molecule has 16 nitrogen and oxygen atoms in total. The predicted molar refractivity (Wildman–Crippen MR) is 110 cm³/mol. The Morgan fingerprint density at radius 2 is 1.26 bits per heavy atom. The minimum absolute atomic E-state index is 0.250. The van der Waals surface area contributed by atoms with Crippen LogP contribution in [0.3, 0.4) is 0 Å². The van der Waals surface area contributed by atoms with Crippen LogP contribution in [0.25, 0.3) is 0 Å². The van der Waals surface area contributed by atoms with Crippen LogP contribution in [0.1, 0.15) is 33.1 Å². The summed E-state index contributed by atoms with van der Waals surface area (Å²) in [7, 11) is 6.16. The number of hydrogen-bond donors (Lipinski definition) is 8. The number of rotatable bonds is 9. The first kappa shape index (κ1) is 41.0. The van der Waals surface area contributed by atoms with Crippen molar-refractivity contribution in [3.8, 4) is 0 Å². The van der Waals surface area contributed by atoms with Gasteiger partial charge in [-0.25, -0.2) is 4.79 Å². The number of carboxylic acids is 5. The van der Waals surface area contributed by atoms with Crippen LogP contribution < -0.4 is 5.11 Å². The van der Waals surface area contributed by atoms with Gasteiger partial charge in [0.1, 0.15) is 12.1 Å². The van der Waals surface area contributed by atoms with Gasteiger partial charge in [-0.05, 0) is 6.42 Å². The molecule has 8 N–H and O–H groups in total. The fraction of sp³-hybridized carbons (Fsp3) is 0.667. The van der Waals surface area contributed by atoms with E-state index in [4.69, 9.17) is 50.4 Å². The van der Waals surface area contributed by atoms with E-state index in [-0.39, 0.29) is 19.5 Å². The van der Waals surface area contributed by atoms with Crippen molar-refractivity contribution < 1.29 is 79.2 Å². The van der Waals surface area contributed by atoms with Gasteiger partial charge >= 0.3 is 17.9 Å². The van der Waals surface area contributed by atoms with Gasteiger partial charge in [-0.15, -0.1) is 0 Å². The summed E-state index contributed by atoms with van der Waals surface area (Å²) in [5.41, 5.74) is -2.85. The maximum Gasteiger partial charge on any atom is 0.332 e. The van der Waals surface area contributed by atoms with Gasteiger partial charge in [0.25, 0.3) is 12.4 Å². The zero-order valence-electron chi connectivity index (χ0n) is 19.6. The summed E-state index contributed by atoms with van der Waals surface area (Å²) in [6, 6.07) is 0.